The van der Waals surface area contributed by atoms with E-state index in [9.17, 15) is 13.2 Å². The quantitative estimate of drug-likeness (QED) is 0.605. The minimum Gasteiger partial charge on any atom is -0.393 e. The van der Waals surface area contributed by atoms with Crippen LogP contribution in [0, 0.1) is 17.6 Å². The minimum atomic E-state index is -1.33. The first-order valence-electron chi connectivity index (χ1n) is 4.94. The van der Waals surface area contributed by atoms with Gasteiger partial charge in [-0.3, -0.25) is 0 Å². The van der Waals surface area contributed by atoms with E-state index in [1.807, 2.05) is 0 Å². The molecule has 16 heavy (non-hydrogen) atoms. The zero-order valence-corrected chi connectivity index (χ0v) is 8.80. The number of aromatic nitrogens is 1. The standard InChI is InChI=1S/C10H13F3N2O/c1-6(16)3-2-4-14-10-8(12)5-7(11)9(13)15-10/h5-6,16H,2-4H2,1H3,(H,14,15). The number of nitrogens with one attached hydrogen (secondary N) is 1. The summed E-state index contributed by atoms with van der Waals surface area (Å²) in [6.07, 6.45) is 0.681. The third kappa shape index (κ3) is 3.69. The lowest BCUT2D eigenvalue weighted by molar-refractivity contribution is 0.183. The number of aliphatic hydroxyl groups excluding tert-OH is 1. The molecule has 0 aliphatic heterocycles. The summed E-state index contributed by atoms with van der Waals surface area (Å²) in [6.45, 7) is 1.97. The Labute approximate surface area is 91.3 Å². The van der Waals surface area contributed by atoms with Crippen molar-refractivity contribution >= 4 is 5.82 Å². The molecular formula is C10H13F3N2O. The largest absolute Gasteiger partial charge is 0.393 e. The van der Waals surface area contributed by atoms with E-state index in [0.717, 1.165) is 0 Å². The smallest absolute Gasteiger partial charge is 0.251 e. The number of halogens is 3. The number of aliphatic hydroxyl groups is 1. The van der Waals surface area contributed by atoms with Crippen molar-refractivity contribution in [2.24, 2.45) is 0 Å². The van der Waals surface area contributed by atoms with Crippen molar-refractivity contribution in [2.45, 2.75) is 25.9 Å². The van der Waals surface area contributed by atoms with Crippen molar-refractivity contribution < 1.29 is 18.3 Å². The van der Waals surface area contributed by atoms with Gasteiger partial charge in [0.05, 0.1) is 6.10 Å². The van der Waals surface area contributed by atoms with Crippen molar-refractivity contribution in [2.75, 3.05) is 11.9 Å². The summed E-state index contributed by atoms with van der Waals surface area (Å²) in [5.41, 5.74) is 0. The van der Waals surface area contributed by atoms with Crippen molar-refractivity contribution in [1.82, 2.24) is 4.98 Å². The Bertz CT molecular complexity index is 358. The van der Waals surface area contributed by atoms with Crippen LogP contribution in [0.15, 0.2) is 6.07 Å². The number of pyridine rings is 1. The van der Waals surface area contributed by atoms with Gasteiger partial charge < -0.3 is 10.4 Å². The Kier molecular flexibility index (Phi) is 4.54. The van der Waals surface area contributed by atoms with E-state index < -0.39 is 23.7 Å². The summed E-state index contributed by atoms with van der Waals surface area (Å²) in [7, 11) is 0. The Hall–Kier alpha value is -1.30. The van der Waals surface area contributed by atoms with Crippen LogP contribution in [0.25, 0.3) is 0 Å². The zero-order chi connectivity index (χ0) is 12.1. The highest BCUT2D eigenvalue weighted by molar-refractivity contribution is 5.35. The normalized spacial score (nSPS) is 12.6. The van der Waals surface area contributed by atoms with Crippen LogP contribution in [-0.4, -0.2) is 22.7 Å². The van der Waals surface area contributed by atoms with Crippen LogP contribution < -0.4 is 5.32 Å². The van der Waals surface area contributed by atoms with Gasteiger partial charge >= 0.3 is 0 Å². The molecule has 0 bridgehead atoms. The van der Waals surface area contributed by atoms with Crippen LogP contribution in [0.5, 0.6) is 0 Å². The summed E-state index contributed by atoms with van der Waals surface area (Å²) in [6, 6.07) is 0.444. The monoisotopic (exact) mass is 234 g/mol. The predicted octanol–water partition coefficient (Wildman–Crippen LogP) is 2.07. The SMILES string of the molecule is CC(O)CCCNc1nc(F)c(F)cc1F. The van der Waals surface area contributed by atoms with Gasteiger partial charge in [0.1, 0.15) is 0 Å². The Morgan fingerprint density at radius 2 is 2.06 bits per heavy atom. The molecule has 0 saturated carbocycles. The molecule has 90 valence electrons. The molecule has 1 aromatic heterocycles. The molecule has 0 spiro atoms. The van der Waals surface area contributed by atoms with E-state index in [4.69, 9.17) is 5.11 Å². The Morgan fingerprint density at radius 1 is 1.38 bits per heavy atom. The maximum Gasteiger partial charge on any atom is 0.251 e. The molecule has 3 nitrogen and oxygen atoms in total. The molecule has 0 aliphatic rings. The number of anilines is 1. The van der Waals surface area contributed by atoms with Gasteiger partial charge in [-0.2, -0.15) is 9.37 Å². The molecule has 0 aromatic carbocycles. The van der Waals surface area contributed by atoms with Crippen LogP contribution >= 0.6 is 0 Å². The van der Waals surface area contributed by atoms with Crippen molar-refractivity contribution in [1.29, 1.82) is 0 Å². The number of rotatable bonds is 5. The highest BCUT2D eigenvalue weighted by Crippen LogP contribution is 2.14. The number of hydrogen-bond donors (Lipinski definition) is 2. The number of nitrogens with zero attached hydrogens (tertiary/aromatic N) is 1. The van der Waals surface area contributed by atoms with Crippen molar-refractivity contribution in [3.05, 3.63) is 23.6 Å². The predicted molar refractivity (Wildman–Crippen MR) is 53.5 cm³/mol. The molecule has 0 amide bonds. The third-order valence-electron chi connectivity index (χ3n) is 1.98. The van der Waals surface area contributed by atoms with E-state index in [2.05, 4.69) is 10.3 Å². The molecule has 1 heterocycles. The molecule has 0 aliphatic carbocycles. The number of hydrogen-bond acceptors (Lipinski definition) is 3. The minimum absolute atomic E-state index is 0.315. The second-order valence-electron chi connectivity index (χ2n) is 3.51. The van der Waals surface area contributed by atoms with E-state index in [1.54, 1.807) is 6.92 Å². The zero-order valence-electron chi connectivity index (χ0n) is 8.80. The molecule has 1 rings (SSSR count). The fourth-order valence-electron chi connectivity index (χ4n) is 1.17. The summed E-state index contributed by atoms with van der Waals surface area (Å²) in [5.74, 6) is -3.90. The molecule has 0 saturated heterocycles. The first-order valence-corrected chi connectivity index (χ1v) is 4.94. The van der Waals surface area contributed by atoms with Crippen molar-refractivity contribution in [3.8, 4) is 0 Å². The molecule has 2 N–H and O–H groups in total. The molecule has 1 atom stereocenters. The highest BCUT2D eigenvalue weighted by atomic mass is 19.2. The first kappa shape index (κ1) is 12.8. The van der Waals surface area contributed by atoms with Crippen LogP contribution in [0.1, 0.15) is 19.8 Å². The Morgan fingerprint density at radius 3 is 2.69 bits per heavy atom. The maximum absolute atomic E-state index is 13.0. The summed E-state index contributed by atoms with van der Waals surface area (Å²) >= 11 is 0. The van der Waals surface area contributed by atoms with Crippen LogP contribution in [0.2, 0.25) is 0 Å². The van der Waals surface area contributed by atoms with Gasteiger partial charge in [-0.05, 0) is 19.8 Å². The van der Waals surface area contributed by atoms with Crippen LogP contribution in [0.3, 0.4) is 0 Å². The molecule has 6 heteroatoms. The van der Waals surface area contributed by atoms with E-state index in [-0.39, 0.29) is 5.82 Å². The maximum atomic E-state index is 13.0. The van der Waals surface area contributed by atoms with E-state index >= 15 is 0 Å². The summed E-state index contributed by atoms with van der Waals surface area (Å²) in [5, 5.41) is 11.5. The van der Waals surface area contributed by atoms with Crippen LogP contribution in [-0.2, 0) is 0 Å². The molecular weight excluding hydrogens is 221 g/mol. The highest BCUT2D eigenvalue weighted by Gasteiger charge is 2.10. The lowest BCUT2D eigenvalue weighted by Gasteiger charge is -2.07. The molecule has 0 fully saturated rings. The first-order chi connectivity index (χ1) is 7.50. The van der Waals surface area contributed by atoms with Gasteiger partial charge in [0, 0.05) is 12.6 Å². The second-order valence-corrected chi connectivity index (χ2v) is 3.51. The average Bonchev–Trinajstić information content (AvgIpc) is 2.19. The lowest BCUT2D eigenvalue weighted by Crippen LogP contribution is -2.10. The average molecular weight is 234 g/mol. The van der Waals surface area contributed by atoms with Crippen molar-refractivity contribution in [3.63, 3.8) is 0 Å². The molecule has 0 radical (unpaired) electrons. The van der Waals surface area contributed by atoms with Gasteiger partial charge in [0.2, 0.25) is 0 Å². The van der Waals surface area contributed by atoms with Gasteiger partial charge in [-0.25, -0.2) is 8.78 Å². The molecule has 1 unspecified atom stereocenters. The fourth-order valence-corrected chi connectivity index (χ4v) is 1.17. The fraction of sp³-hybridized carbons (Fsp3) is 0.500. The van der Waals surface area contributed by atoms with Gasteiger partial charge in [-0.15, -0.1) is 0 Å². The third-order valence-corrected chi connectivity index (χ3v) is 1.98. The Balaban J connectivity index is 2.51. The van der Waals surface area contributed by atoms with Gasteiger partial charge in [0.15, 0.2) is 17.5 Å². The van der Waals surface area contributed by atoms with Gasteiger partial charge in [0.25, 0.3) is 5.95 Å². The second kappa shape index (κ2) is 5.69. The summed E-state index contributed by atoms with van der Waals surface area (Å²) < 4.78 is 38.2. The topological polar surface area (TPSA) is 45.1 Å². The van der Waals surface area contributed by atoms with E-state index in [1.165, 1.54) is 0 Å². The lowest BCUT2D eigenvalue weighted by atomic mass is 10.2. The molecule has 1 aromatic rings. The van der Waals surface area contributed by atoms with E-state index in [0.29, 0.717) is 25.5 Å². The van der Waals surface area contributed by atoms with Crippen LogP contribution in [0.4, 0.5) is 19.0 Å². The van der Waals surface area contributed by atoms with Gasteiger partial charge in [-0.1, -0.05) is 0 Å². The summed E-state index contributed by atoms with van der Waals surface area (Å²) in [4.78, 5) is 3.10.